The highest BCUT2D eigenvalue weighted by Gasteiger charge is 2.15. The molecule has 0 aliphatic rings. The van der Waals surface area contributed by atoms with Crippen molar-refractivity contribution in [2.45, 2.75) is 6.54 Å². The zero-order chi connectivity index (χ0) is 14.4. The number of quaternary nitrogens is 1. The van der Waals surface area contributed by atoms with Crippen LogP contribution >= 0.6 is 0 Å². The van der Waals surface area contributed by atoms with Gasteiger partial charge in [0.1, 0.15) is 13.1 Å². The molecule has 1 atom stereocenters. The van der Waals surface area contributed by atoms with E-state index in [1.54, 1.807) is 33.4 Å². The summed E-state index contributed by atoms with van der Waals surface area (Å²) < 4.78 is 15.7. The average Bonchev–Trinajstić information content (AvgIpc) is 2.36. The lowest BCUT2D eigenvalue weighted by molar-refractivity contribution is -0.887. The van der Waals surface area contributed by atoms with E-state index in [9.17, 15) is 9.90 Å². The summed E-state index contributed by atoms with van der Waals surface area (Å²) in [5.41, 5.74) is 0.897. The van der Waals surface area contributed by atoms with Crippen LogP contribution < -0.4 is 24.2 Å². The molecule has 0 amide bonds. The summed E-state index contributed by atoms with van der Waals surface area (Å²) in [5.74, 6) is 0.549. The van der Waals surface area contributed by atoms with Crippen LogP contribution in [0.2, 0.25) is 0 Å². The van der Waals surface area contributed by atoms with Crippen LogP contribution in [0.25, 0.3) is 0 Å². The molecule has 0 heterocycles. The van der Waals surface area contributed by atoms with E-state index in [1.807, 2.05) is 0 Å². The molecule has 1 unspecified atom stereocenters. The number of hydrogen-bond donors (Lipinski definition) is 1. The van der Waals surface area contributed by atoms with Crippen molar-refractivity contribution < 1.29 is 29.0 Å². The summed E-state index contributed by atoms with van der Waals surface area (Å²) >= 11 is 0. The third kappa shape index (κ3) is 4.03. The molecule has 1 aromatic carbocycles. The maximum Gasteiger partial charge on any atom is 0.203 e. The van der Waals surface area contributed by atoms with Crippen molar-refractivity contribution in [3.8, 4) is 17.2 Å². The molecular formula is C13H19NO5. The van der Waals surface area contributed by atoms with Crippen molar-refractivity contribution >= 4 is 5.97 Å². The number of carboxylic acids is 1. The lowest BCUT2D eigenvalue weighted by atomic mass is 10.1. The number of ether oxygens (including phenoxy) is 3. The number of hydrogen-bond acceptors (Lipinski definition) is 5. The van der Waals surface area contributed by atoms with Gasteiger partial charge in [0.2, 0.25) is 5.75 Å². The monoisotopic (exact) mass is 269 g/mol. The molecule has 106 valence electrons. The van der Waals surface area contributed by atoms with Gasteiger partial charge in [0.05, 0.1) is 34.3 Å². The Balaban J connectivity index is 2.99. The fourth-order valence-electron chi connectivity index (χ4n) is 1.89. The first kappa shape index (κ1) is 15.1. The predicted octanol–water partition coefficient (Wildman–Crippen LogP) is -1.52. The fraction of sp³-hybridized carbons (Fsp3) is 0.462. The summed E-state index contributed by atoms with van der Waals surface area (Å²) in [4.78, 5) is 11.3. The molecule has 6 nitrogen and oxygen atoms in total. The summed E-state index contributed by atoms with van der Waals surface area (Å²) in [7, 11) is 6.39. The molecule has 0 radical (unpaired) electrons. The molecule has 0 saturated carbocycles. The fourth-order valence-corrected chi connectivity index (χ4v) is 1.89. The second-order valence-electron chi connectivity index (χ2n) is 4.22. The molecule has 0 aromatic heterocycles. The van der Waals surface area contributed by atoms with Gasteiger partial charge >= 0.3 is 0 Å². The molecular weight excluding hydrogens is 250 g/mol. The van der Waals surface area contributed by atoms with Crippen LogP contribution in [0, 0.1) is 0 Å². The van der Waals surface area contributed by atoms with E-state index in [4.69, 9.17) is 14.2 Å². The Bertz CT molecular complexity index is 422. The van der Waals surface area contributed by atoms with Gasteiger partial charge in [-0.15, -0.1) is 0 Å². The molecule has 0 saturated heterocycles. The third-order valence-electron chi connectivity index (χ3n) is 2.68. The summed E-state index contributed by atoms with van der Waals surface area (Å²) in [6.07, 6.45) is 0. The van der Waals surface area contributed by atoms with Crippen molar-refractivity contribution in [3.05, 3.63) is 17.7 Å². The summed E-state index contributed by atoms with van der Waals surface area (Å²) in [6, 6.07) is 3.61. The van der Waals surface area contributed by atoms with Crippen LogP contribution in [0.5, 0.6) is 17.2 Å². The smallest absolute Gasteiger partial charge is 0.203 e. The van der Waals surface area contributed by atoms with Crippen molar-refractivity contribution in [2.24, 2.45) is 0 Å². The molecule has 0 aliphatic carbocycles. The molecule has 6 heteroatoms. The van der Waals surface area contributed by atoms with E-state index in [2.05, 4.69) is 0 Å². The standard InChI is InChI=1S/C13H19NO5/c1-14(8-12(15)16)7-9-5-10(17-2)13(19-4)11(6-9)18-3/h5-6H,7-8H2,1-4H3,(H,15,16). The van der Waals surface area contributed by atoms with E-state index in [0.717, 1.165) is 10.5 Å². The maximum atomic E-state index is 10.5. The number of aliphatic carboxylic acids is 1. The Hall–Kier alpha value is -1.95. The van der Waals surface area contributed by atoms with Gasteiger partial charge in [-0.1, -0.05) is 0 Å². The highest BCUT2D eigenvalue weighted by molar-refractivity contribution is 5.65. The van der Waals surface area contributed by atoms with E-state index in [0.29, 0.717) is 23.8 Å². The average molecular weight is 269 g/mol. The molecule has 1 N–H and O–H groups in total. The Kier molecular flexibility index (Phi) is 5.44. The zero-order valence-electron chi connectivity index (χ0n) is 11.6. The normalized spacial score (nSPS) is 11.8. The highest BCUT2D eigenvalue weighted by atomic mass is 16.5. The SMILES string of the molecule is COc1cc(C[NH+](C)CC(=O)[O-])cc(OC)c1OC. The molecule has 0 fully saturated rings. The highest BCUT2D eigenvalue weighted by Crippen LogP contribution is 2.37. The zero-order valence-corrected chi connectivity index (χ0v) is 11.6. The number of benzene rings is 1. The van der Waals surface area contributed by atoms with Crippen LogP contribution in [-0.4, -0.2) is 40.9 Å². The number of nitrogens with one attached hydrogen (secondary N) is 1. The van der Waals surface area contributed by atoms with Crippen molar-refractivity contribution in [3.63, 3.8) is 0 Å². The number of methoxy groups -OCH3 is 3. The van der Waals surface area contributed by atoms with Crippen molar-refractivity contribution in [2.75, 3.05) is 34.9 Å². The summed E-state index contributed by atoms with van der Waals surface area (Å²) in [5, 5.41) is 10.5. The first-order chi connectivity index (χ1) is 9.01. The number of carbonyl (C=O) groups excluding carboxylic acids is 1. The molecule has 0 bridgehead atoms. The Labute approximate surface area is 112 Å². The van der Waals surface area contributed by atoms with E-state index in [1.165, 1.54) is 7.11 Å². The minimum Gasteiger partial charge on any atom is -0.544 e. The molecule has 0 spiro atoms. The second kappa shape index (κ2) is 6.84. The van der Waals surface area contributed by atoms with Gasteiger partial charge < -0.3 is 29.0 Å². The van der Waals surface area contributed by atoms with Crippen LogP contribution in [-0.2, 0) is 11.3 Å². The van der Waals surface area contributed by atoms with Crippen molar-refractivity contribution in [1.29, 1.82) is 0 Å². The van der Waals surface area contributed by atoms with Crippen LogP contribution in [0.4, 0.5) is 0 Å². The largest absolute Gasteiger partial charge is 0.544 e. The number of carbonyl (C=O) groups is 1. The van der Waals surface area contributed by atoms with Gasteiger partial charge in [0.15, 0.2) is 11.5 Å². The molecule has 1 rings (SSSR count). The van der Waals surface area contributed by atoms with Gasteiger partial charge in [0, 0.05) is 5.56 Å². The van der Waals surface area contributed by atoms with Gasteiger partial charge in [-0.25, -0.2) is 0 Å². The van der Waals surface area contributed by atoms with Gasteiger partial charge in [-0.2, -0.15) is 0 Å². The van der Waals surface area contributed by atoms with Crippen LogP contribution in [0.3, 0.4) is 0 Å². The number of rotatable bonds is 7. The number of carboxylic acid groups (broad SMARTS) is 1. The molecule has 19 heavy (non-hydrogen) atoms. The topological polar surface area (TPSA) is 72.3 Å². The molecule has 0 aliphatic heterocycles. The van der Waals surface area contributed by atoms with Gasteiger partial charge in [-0.3, -0.25) is 0 Å². The maximum absolute atomic E-state index is 10.5. The quantitative estimate of drug-likeness (QED) is 0.651. The molecule has 1 aromatic rings. The van der Waals surface area contributed by atoms with Crippen LogP contribution in [0.15, 0.2) is 12.1 Å². The van der Waals surface area contributed by atoms with Crippen LogP contribution in [0.1, 0.15) is 5.56 Å². The van der Waals surface area contributed by atoms with E-state index < -0.39 is 5.97 Å². The van der Waals surface area contributed by atoms with Gasteiger partial charge in [-0.05, 0) is 12.1 Å². The first-order valence-electron chi connectivity index (χ1n) is 5.81. The lowest BCUT2D eigenvalue weighted by Gasteiger charge is -2.17. The minimum atomic E-state index is -1.08. The number of likely N-dealkylation sites (N-methyl/N-ethyl adjacent to an activating group) is 1. The van der Waals surface area contributed by atoms with E-state index in [-0.39, 0.29) is 6.54 Å². The Morgan fingerprint density at radius 1 is 1.16 bits per heavy atom. The Morgan fingerprint density at radius 3 is 2.05 bits per heavy atom. The minimum absolute atomic E-state index is 0.0589. The lowest BCUT2D eigenvalue weighted by Crippen LogP contribution is -3.09. The first-order valence-corrected chi connectivity index (χ1v) is 5.81. The summed E-state index contributed by atoms with van der Waals surface area (Å²) in [6.45, 7) is 0.460. The van der Waals surface area contributed by atoms with Gasteiger partial charge in [0.25, 0.3) is 0 Å². The Morgan fingerprint density at radius 2 is 1.68 bits per heavy atom. The predicted molar refractivity (Wildman–Crippen MR) is 66.6 cm³/mol. The third-order valence-corrected chi connectivity index (χ3v) is 2.68. The van der Waals surface area contributed by atoms with Crippen molar-refractivity contribution in [1.82, 2.24) is 0 Å². The van der Waals surface area contributed by atoms with E-state index >= 15 is 0 Å². The second-order valence-corrected chi connectivity index (χ2v) is 4.22.